The Morgan fingerprint density at radius 2 is 1.96 bits per heavy atom. The van der Waals surface area contributed by atoms with E-state index in [-0.39, 0.29) is 11.5 Å². The Labute approximate surface area is 155 Å². The molecule has 0 unspecified atom stereocenters. The van der Waals surface area contributed by atoms with E-state index in [1.54, 1.807) is 30.3 Å². The zero-order valence-corrected chi connectivity index (χ0v) is 15.4. The minimum Gasteiger partial charge on any atom is -0.383 e. The number of anilines is 2. The molecule has 1 heterocycles. The van der Waals surface area contributed by atoms with E-state index in [0.717, 1.165) is 23.3 Å². The van der Waals surface area contributed by atoms with Crippen LogP contribution in [0.2, 0.25) is 5.02 Å². The third-order valence-electron chi connectivity index (χ3n) is 3.90. The van der Waals surface area contributed by atoms with Gasteiger partial charge < -0.3 is 10.6 Å². The molecule has 3 N–H and O–H groups in total. The SMILES string of the molecule is CCCCn1c(N)c(N(C)C(=O)/C=C/c2ccc(Cl)cc2)c(=O)[nH]c1=O. The molecule has 1 amide bonds. The first-order chi connectivity index (χ1) is 12.3. The summed E-state index contributed by atoms with van der Waals surface area (Å²) in [5, 5.41) is 0.597. The van der Waals surface area contributed by atoms with Crippen molar-refractivity contribution in [3.8, 4) is 0 Å². The van der Waals surface area contributed by atoms with Crippen LogP contribution in [0.4, 0.5) is 11.5 Å². The van der Waals surface area contributed by atoms with Crippen LogP contribution in [0.25, 0.3) is 6.08 Å². The van der Waals surface area contributed by atoms with Gasteiger partial charge in [0.15, 0.2) is 5.69 Å². The lowest BCUT2D eigenvalue weighted by Crippen LogP contribution is -2.38. The predicted molar refractivity (Wildman–Crippen MR) is 105 cm³/mol. The number of nitrogen functional groups attached to an aromatic ring is 1. The maximum atomic E-state index is 12.4. The lowest BCUT2D eigenvalue weighted by atomic mass is 10.2. The van der Waals surface area contributed by atoms with E-state index >= 15 is 0 Å². The Balaban J connectivity index is 2.31. The number of likely N-dealkylation sites (N-methyl/N-ethyl adjacent to an activating group) is 1. The number of carbonyl (C=O) groups is 1. The molecule has 0 aliphatic carbocycles. The largest absolute Gasteiger partial charge is 0.383 e. The van der Waals surface area contributed by atoms with Crippen LogP contribution in [0.1, 0.15) is 25.3 Å². The second-order valence-corrected chi connectivity index (χ2v) is 6.22. The lowest BCUT2D eigenvalue weighted by molar-refractivity contribution is -0.113. The Morgan fingerprint density at radius 3 is 2.58 bits per heavy atom. The van der Waals surface area contributed by atoms with E-state index in [9.17, 15) is 14.4 Å². The molecule has 0 radical (unpaired) electrons. The van der Waals surface area contributed by atoms with E-state index in [1.165, 1.54) is 17.7 Å². The zero-order valence-electron chi connectivity index (χ0n) is 14.7. The van der Waals surface area contributed by atoms with Crippen LogP contribution >= 0.6 is 11.6 Å². The molecule has 0 bridgehead atoms. The second kappa shape index (κ2) is 8.53. The number of halogens is 1. The highest BCUT2D eigenvalue weighted by atomic mass is 35.5. The highest BCUT2D eigenvalue weighted by molar-refractivity contribution is 6.30. The van der Waals surface area contributed by atoms with Crippen molar-refractivity contribution < 1.29 is 4.79 Å². The van der Waals surface area contributed by atoms with Gasteiger partial charge in [-0.25, -0.2) is 4.79 Å². The number of nitrogens with one attached hydrogen (secondary N) is 1. The molecule has 0 spiro atoms. The number of hydrogen-bond donors (Lipinski definition) is 2. The highest BCUT2D eigenvalue weighted by Crippen LogP contribution is 2.16. The quantitative estimate of drug-likeness (QED) is 0.755. The predicted octanol–water partition coefficient (Wildman–Crippen LogP) is 2.25. The molecule has 7 nitrogen and oxygen atoms in total. The Hall–Kier alpha value is -2.80. The minimum atomic E-state index is -0.698. The van der Waals surface area contributed by atoms with E-state index in [1.807, 2.05) is 6.92 Å². The number of amides is 1. The molecular formula is C18H21ClN4O3. The standard InChI is InChI=1S/C18H21ClN4O3/c1-3-4-11-23-16(20)15(17(25)21-18(23)26)22(2)14(24)10-7-12-5-8-13(19)9-6-12/h5-10H,3-4,11,20H2,1-2H3,(H,21,25,26)/b10-7+. The van der Waals surface area contributed by atoms with Crippen molar-refractivity contribution in [3.05, 3.63) is 61.8 Å². The molecule has 2 rings (SSSR count). The molecule has 2 aromatic rings. The Bertz CT molecular complexity index is 929. The van der Waals surface area contributed by atoms with Gasteiger partial charge in [-0.05, 0) is 30.2 Å². The van der Waals surface area contributed by atoms with Crippen LogP contribution in [0.3, 0.4) is 0 Å². The fourth-order valence-corrected chi connectivity index (χ4v) is 2.53. The Kier molecular flexibility index (Phi) is 6.41. The molecule has 1 aromatic heterocycles. The summed E-state index contributed by atoms with van der Waals surface area (Å²) in [5.41, 5.74) is 5.45. The van der Waals surface area contributed by atoms with Crippen LogP contribution in [0.5, 0.6) is 0 Å². The summed E-state index contributed by atoms with van der Waals surface area (Å²) < 4.78 is 1.27. The minimum absolute atomic E-state index is 0.0251. The van der Waals surface area contributed by atoms with Gasteiger partial charge in [0.1, 0.15) is 5.82 Å². The smallest absolute Gasteiger partial charge is 0.330 e. The number of nitrogens with two attached hydrogens (primary N) is 1. The van der Waals surface area contributed by atoms with Gasteiger partial charge in [-0.2, -0.15) is 0 Å². The van der Waals surface area contributed by atoms with Gasteiger partial charge in [0.2, 0.25) is 0 Å². The maximum Gasteiger partial charge on any atom is 0.330 e. The van der Waals surface area contributed by atoms with Crippen LogP contribution in [-0.4, -0.2) is 22.5 Å². The van der Waals surface area contributed by atoms with Gasteiger partial charge in [-0.15, -0.1) is 0 Å². The number of hydrogen-bond acceptors (Lipinski definition) is 4. The fourth-order valence-electron chi connectivity index (χ4n) is 2.40. The summed E-state index contributed by atoms with van der Waals surface area (Å²) in [6, 6.07) is 6.94. The molecule has 0 aliphatic rings. The number of benzene rings is 1. The summed E-state index contributed by atoms with van der Waals surface area (Å²) in [5.74, 6) is -0.471. The normalized spacial score (nSPS) is 11.0. The van der Waals surface area contributed by atoms with E-state index in [0.29, 0.717) is 11.6 Å². The average Bonchev–Trinajstić information content (AvgIpc) is 2.60. The summed E-state index contributed by atoms with van der Waals surface area (Å²) in [6.45, 7) is 2.35. The van der Waals surface area contributed by atoms with E-state index in [2.05, 4.69) is 4.98 Å². The topological polar surface area (TPSA) is 101 Å². The third kappa shape index (κ3) is 4.43. The first kappa shape index (κ1) is 19.5. The molecule has 8 heteroatoms. The summed E-state index contributed by atoms with van der Waals surface area (Å²) in [4.78, 5) is 39.9. The highest BCUT2D eigenvalue weighted by Gasteiger charge is 2.19. The number of unbranched alkanes of at least 4 members (excludes halogenated alkanes) is 1. The van der Waals surface area contributed by atoms with Crippen molar-refractivity contribution in [1.82, 2.24) is 9.55 Å². The van der Waals surface area contributed by atoms with Gasteiger partial charge in [-0.1, -0.05) is 37.1 Å². The van der Waals surface area contributed by atoms with Crippen LogP contribution < -0.4 is 21.9 Å². The summed E-state index contributed by atoms with van der Waals surface area (Å²) in [6.07, 6.45) is 4.51. The lowest BCUT2D eigenvalue weighted by Gasteiger charge is -2.19. The second-order valence-electron chi connectivity index (χ2n) is 5.78. The van der Waals surface area contributed by atoms with Crippen molar-refractivity contribution in [1.29, 1.82) is 0 Å². The van der Waals surface area contributed by atoms with Crippen molar-refractivity contribution in [2.75, 3.05) is 17.7 Å². The molecular weight excluding hydrogens is 356 g/mol. The van der Waals surface area contributed by atoms with Crippen molar-refractivity contribution in [3.63, 3.8) is 0 Å². The molecule has 0 saturated heterocycles. The number of aromatic amines is 1. The van der Waals surface area contributed by atoms with Gasteiger partial charge in [0.25, 0.3) is 11.5 Å². The first-order valence-electron chi connectivity index (χ1n) is 8.19. The fraction of sp³-hybridized carbons (Fsp3) is 0.278. The van der Waals surface area contributed by atoms with Gasteiger partial charge in [0.05, 0.1) is 0 Å². The zero-order chi connectivity index (χ0) is 19.3. The monoisotopic (exact) mass is 376 g/mol. The molecule has 1 aromatic carbocycles. The number of aromatic nitrogens is 2. The molecule has 0 atom stereocenters. The molecule has 0 fully saturated rings. The van der Waals surface area contributed by atoms with Crippen LogP contribution in [0.15, 0.2) is 39.9 Å². The number of carbonyl (C=O) groups excluding carboxylic acids is 1. The van der Waals surface area contributed by atoms with Crippen LogP contribution in [0, 0.1) is 0 Å². The summed E-state index contributed by atoms with van der Waals surface area (Å²) in [7, 11) is 1.43. The average molecular weight is 377 g/mol. The number of nitrogens with zero attached hydrogens (tertiary/aromatic N) is 2. The first-order valence-corrected chi connectivity index (χ1v) is 8.57. The van der Waals surface area contributed by atoms with Gasteiger partial charge >= 0.3 is 5.69 Å². The molecule has 0 aliphatic heterocycles. The maximum absolute atomic E-state index is 12.4. The van der Waals surface area contributed by atoms with Crippen molar-refractivity contribution in [2.24, 2.45) is 0 Å². The van der Waals surface area contributed by atoms with Gasteiger partial charge in [0, 0.05) is 24.7 Å². The molecule has 26 heavy (non-hydrogen) atoms. The van der Waals surface area contributed by atoms with E-state index in [4.69, 9.17) is 17.3 Å². The molecule has 0 saturated carbocycles. The van der Waals surface area contributed by atoms with Gasteiger partial charge in [-0.3, -0.25) is 19.1 Å². The van der Waals surface area contributed by atoms with Crippen molar-refractivity contribution in [2.45, 2.75) is 26.3 Å². The summed E-state index contributed by atoms with van der Waals surface area (Å²) >= 11 is 5.82. The van der Waals surface area contributed by atoms with E-state index < -0.39 is 17.2 Å². The third-order valence-corrected chi connectivity index (χ3v) is 4.16. The molecule has 138 valence electrons. The Morgan fingerprint density at radius 1 is 1.31 bits per heavy atom. The van der Waals surface area contributed by atoms with Crippen molar-refractivity contribution >= 4 is 35.1 Å². The number of rotatable bonds is 6. The number of H-pyrrole nitrogens is 1. The van der Waals surface area contributed by atoms with Crippen LogP contribution in [-0.2, 0) is 11.3 Å².